The smallest absolute Gasteiger partial charge is 0.366 e. The zero-order valence-electron chi connectivity index (χ0n) is 15.9. The van der Waals surface area contributed by atoms with E-state index >= 15 is 0 Å². The Kier molecular flexibility index (Phi) is 6.45. The maximum absolute atomic E-state index is 13.6. The Labute approximate surface area is 183 Å². The van der Waals surface area contributed by atoms with Gasteiger partial charge in [-0.2, -0.15) is 87.8 Å². The summed E-state index contributed by atoms with van der Waals surface area (Å²) >= 11 is 0. The van der Waals surface area contributed by atoms with Crippen LogP contribution in [-0.4, -0.2) is 84.6 Å². The average molecular weight is 586 g/mol. The lowest BCUT2D eigenvalue weighted by Crippen LogP contribution is -2.77. The highest BCUT2D eigenvalue weighted by atomic mass is 19.4. The summed E-state index contributed by atoms with van der Waals surface area (Å²) in [6.45, 7) is -3.23. The van der Waals surface area contributed by atoms with Gasteiger partial charge in [0.25, 0.3) is 0 Å². The summed E-state index contributed by atoms with van der Waals surface area (Å²) in [5.41, 5.74) is 0. The molecule has 36 heavy (non-hydrogen) atoms. The molecule has 0 amide bonds. The number of alkyl halides is 20. The van der Waals surface area contributed by atoms with Crippen molar-refractivity contribution in [3.05, 3.63) is 0 Å². The normalized spacial score (nSPS) is 23.7. The van der Waals surface area contributed by atoms with Crippen LogP contribution >= 0.6 is 0 Å². The van der Waals surface area contributed by atoms with Gasteiger partial charge in [-0.15, -0.1) is 0 Å². The van der Waals surface area contributed by atoms with E-state index in [4.69, 9.17) is 0 Å². The maximum atomic E-state index is 13.6. The fraction of sp³-hybridized carbons (Fsp3) is 1.00. The molecule has 0 aromatic carbocycles. The van der Waals surface area contributed by atoms with Gasteiger partial charge in [0.05, 0.1) is 13.2 Å². The second kappa shape index (κ2) is 7.55. The summed E-state index contributed by atoms with van der Waals surface area (Å²) in [6, 6.07) is 0. The maximum Gasteiger partial charge on any atom is 0.385 e. The molecule has 22 heteroatoms. The van der Waals surface area contributed by atoms with Crippen molar-refractivity contribution >= 4 is 0 Å². The van der Waals surface area contributed by atoms with Gasteiger partial charge in [0.2, 0.25) is 0 Å². The van der Waals surface area contributed by atoms with Gasteiger partial charge >= 0.3 is 59.2 Å². The molecular weight excluding hydrogens is 580 g/mol. The van der Waals surface area contributed by atoms with Crippen molar-refractivity contribution in [2.45, 2.75) is 71.4 Å². The van der Waals surface area contributed by atoms with Gasteiger partial charge in [0, 0.05) is 0 Å². The molecule has 214 valence electrons. The third-order valence-electron chi connectivity index (χ3n) is 5.07. The molecule has 0 aromatic heterocycles. The molecule has 2 aliphatic rings. The molecule has 2 unspecified atom stereocenters. The Bertz CT molecular complexity index is 784. The topological polar surface area (TPSA) is 25.1 Å². The van der Waals surface area contributed by atoms with E-state index in [-0.39, 0.29) is 0 Å². The standard InChI is InChI=1S/C14H6F20O2/c15-5(16,3-1-35-3)7(19,20)9(23,24)11(27,28)13(31,32)14(33,34)12(29,30)10(25,26)8(21,22)6(17,18)4-2-36-4/h3-4H,1-2H2. The summed E-state index contributed by atoms with van der Waals surface area (Å²) in [4.78, 5) is 0. The summed E-state index contributed by atoms with van der Waals surface area (Å²) in [7, 11) is 0. The SMILES string of the molecule is FC(F)(C1CO1)C(F)(F)C(F)(F)C(F)(F)C(F)(F)C(F)(F)C(F)(F)C(F)(F)C(F)(F)C(F)(F)C1CO1. The number of rotatable bonds is 11. The molecule has 2 fully saturated rings. The Morgan fingerprint density at radius 1 is 0.306 bits per heavy atom. The van der Waals surface area contributed by atoms with Crippen molar-refractivity contribution in [2.75, 3.05) is 13.2 Å². The van der Waals surface area contributed by atoms with Crippen molar-refractivity contribution in [3.8, 4) is 0 Å². The third-order valence-corrected chi connectivity index (χ3v) is 5.07. The molecule has 0 radical (unpaired) electrons. The fourth-order valence-electron chi connectivity index (χ4n) is 2.52. The lowest BCUT2D eigenvalue weighted by Gasteiger charge is -2.45. The monoisotopic (exact) mass is 586 g/mol. The number of ether oxygens (including phenoxy) is 2. The first kappa shape index (κ1) is 30.7. The molecule has 2 saturated heterocycles. The largest absolute Gasteiger partial charge is 0.385 e. The van der Waals surface area contributed by atoms with Crippen LogP contribution in [-0.2, 0) is 9.47 Å². The van der Waals surface area contributed by atoms with Crippen LogP contribution in [0.25, 0.3) is 0 Å². The van der Waals surface area contributed by atoms with Gasteiger partial charge < -0.3 is 9.47 Å². The number of epoxide rings is 2. The van der Waals surface area contributed by atoms with E-state index in [9.17, 15) is 87.8 Å². The summed E-state index contributed by atoms with van der Waals surface area (Å²) < 4.78 is 277. The second-order valence-corrected chi connectivity index (χ2v) is 7.49. The first-order chi connectivity index (χ1) is 15.5. The predicted octanol–water partition coefficient (Wildman–Crippen LogP) is 6.14. The van der Waals surface area contributed by atoms with E-state index in [1.54, 1.807) is 0 Å². The summed E-state index contributed by atoms with van der Waals surface area (Å²) in [5.74, 6) is -81.7. The van der Waals surface area contributed by atoms with Crippen LogP contribution in [0.2, 0.25) is 0 Å². The van der Waals surface area contributed by atoms with Gasteiger partial charge in [-0.05, 0) is 0 Å². The second-order valence-electron chi connectivity index (χ2n) is 7.49. The molecule has 2 rings (SSSR count). The van der Waals surface area contributed by atoms with Crippen molar-refractivity contribution < 1.29 is 97.3 Å². The lowest BCUT2D eigenvalue weighted by atomic mass is 9.85. The highest BCUT2D eigenvalue weighted by molar-refractivity contribution is 5.20. The highest BCUT2D eigenvalue weighted by Crippen LogP contribution is 2.67. The minimum Gasteiger partial charge on any atom is -0.366 e. The predicted molar refractivity (Wildman–Crippen MR) is 69.0 cm³/mol. The Morgan fingerprint density at radius 2 is 0.444 bits per heavy atom. The number of hydrogen-bond acceptors (Lipinski definition) is 2. The molecule has 2 atom stereocenters. The van der Waals surface area contributed by atoms with E-state index in [0.717, 1.165) is 0 Å². The molecule has 0 bridgehead atoms. The van der Waals surface area contributed by atoms with Gasteiger partial charge in [-0.25, -0.2) is 0 Å². The third kappa shape index (κ3) is 3.40. The number of hydrogen-bond donors (Lipinski definition) is 0. The van der Waals surface area contributed by atoms with Crippen LogP contribution in [0.1, 0.15) is 0 Å². The molecule has 2 aliphatic heterocycles. The van der Waals surface area contributed by atoms with Crippen LogP contribution in [0.4, 0.5) is 87.8 Å². The van der Waals surface area contributed by atoms with E-state index in [0.29, 0.717) is 0 Å². The minimum absolute atomic E-state index is 1.62. The Hall–Kier alpha value is -1.48. The molecular formula is C14H6F20O2. The van der Waals surface area contributed by atoms with Crippen molar-refractivity contribution in [1.29, 1.82) is 0 Å². The van der Waals surface area contributed by atoms with Gasteiger partial charge in [-0.1, -0.05) is 0 Å². The quantitative estimate of drug-likeness (QED) is 0.215. The zero-order valence-corrected chi connectivity index (χ0v) is 15.9. The Morgan fingerprint density at radius 3 is 0.583 bits per heavy atom. The van der Waals surface area contributed by atoms with Gasteiger partial charge in [0.1, 0.15) is 0 Å². The first-order valence-corrected chi connectivity index (χ1v) is 8.47. The summed E-state index contributed by atoms with van der Waals surface area (Å²) in [6.07, 6.45) is -6.83. The van der Waals surface area contributed by atoms with Crippen molar-refractivity contribution in [2.24, 2.45) is 0 Å². The highest BCUT2D eigenvalue weighted by Gasteiger charge is 2.98. The average Bonchev–Trinajstić information content (AvgIpc) is 3.57. The van der Waals surface area contributed by atoms with Crippen molar-refractivity contribution in [1.82, 2.24) is 0 Å². The van der Waals surface area contributed by atoms with E-state index in [2.05, 4.69) is 9.47 Å². The molecule has 2 heterocycles. The van der Waals surface area contributed by atoms with Crippen LogP contribution in [0, 0.1) is 0 Å². The van der Waals surface area contributed by atoms with Crippen LogP contribution in [0.3, 0.4) is 0 Å². The first-order valence-electron chi connectivity index (χ1n) is 8.47. The van der Waals surface area contributed by atoms with Crippen LogP contribution in [0.5, 0.6) is 0 Å². The van der Waals surface area contributed by atoms with E-state index < -0.39 is 84.6 Å². The molecule has 0 N–H and O–H groups in total. The molecule has 0 aliphatic carbocycles. The molecule has 0 saturated carbocycles. The summed E-state index contributed by atoms with van der Waals surface area (Å²) in [5, 5.41) is 0. The fourth-order valence-corrected chi connectivity index (χ4v) is 2.52. The lowest BCUT2D eigenvalue weighted by molar-refractivity contribution is -0.469. The van der Waals surface area contributed by atoms with Gasteiger partial charge in [0.15, 0.2) is 12.2 Å². The molecule has 0 spiro atoms. The van der Waals surface area contributed by atoms with E-state index in [1.165, 1.54) is 0 Å². The minimum atomic E-state index is -9.01. The number of halogens is 20. The van der Waals surface area contributed by atoms with E-state index in [1.807, 2.05) is 0 Å². The van der Waals surface area contributed by atoms with Crippen LogP contribution in [0.15, 0.2) is 0 Å². The Balaban J connectivity index is 2.62. The molecule has 2 nitrogen and oxygen atoms in total. The van der Waals surface area contributed by atoms with Crippen LogP contribution < -0.4 is 0 Å². The zero-order chi connectivity index (χ0) is 29.0. The van der Waals surface area contributed by atoms with Crippen molar-refractivity contribution in [3.63, 3.8) is 0 Å². The van der Waals surface area contributed by atoms with Gasteiger partial charge in [-0.3, -0.25) is 0 Å². The molecule has 0 aromatic rings.